The third kappa shape index (κ3) is 6.09. The number of hydrogen-bond acceptors (Lipinski definition) is 7. The summed E-state index contributed by atoms with van der Waals surface area (Å²) in [7, 11) is 0. The number of carbonyl (C=O) groups excluding carboxylic acids is 3. The monoisotopic (exact) mass is 570 g/mol. The second kappa shape index (κ2) is 9.76. The summed E-state index contributed by atoms with van der Waals surface area (Å²) in [5.74, 6) is -0.104. The normalized spacial score (nSPS) is 25.7. The number of hydrogen-bond donors (Lipinski definition) is 1. The number of ether oxygens (including phenoxy) is 2. The van der Waals surface area contributed by atoms with Crippen molar-refractivity contribution in [3.63, 3.8) is 0 Å². The Labute approximate surface area is 219 Å². The number of nitrogens with two attached hydrogens (primary N) is 1. The molecule has 4 heterocycles. The number of nitrogens with zero attached hydrogens (tertiary/aromatic N) is 2. The highest BCUT2D eigenvalue weighted by Gasteiger charge is 2.54. The second-order valence-electron chi connectivity index (χ2n) is 11.7. The van der Waals surface area contributed by atoms with Crippen LogP contribution < -0.4 is 5.32 Å². The molecular formula is C25H37BrN3O5S+. The molecule has 0 saturated carbocycles. The Morgan fingerprint density at radius 3 is 2.51 bits per heavy atom. The van der Waals surface area contributed by atoms with E-state index < -0.39 is 17.3 Å². The van der Waals surface area contributed by atoms with Crippen molar-refractivity contribution in [3.05, 3.63) is 15.4 Å². The van der Waals surface area contributed by atoms with Crippen molar-refractivity contribution in [1.82, 2.24) is 9.80 Å². The molecule has 3 aliphatic rings. The molecule has 1 aromatic heterocycles. The van der Waals surface area contributed by atoms with Gasteiger partial charge in [-0.2, -0.15) is 4.79 Å². The number of likely N-dealkylation sites (tertiary alicyclic amines) is 2. The summed E-state index contributed by atoms with van der Waals surface area (Å²) in [6.07, 6.45) is 3.96. The van der Waals surface area contributed by atoms with E-state index in [9.17, 15) is 14.4 Å². The number of esters is 1. The molecule has 3 fully saturated rings. The van der Waals surface area contributed by atoms with E-state index in [1.165, 1.54) is 16.7 Å². The first-order chi connectivity index (χ1) is 16.3. The standard InChI is InChI=1S/C25H36BrN3O5S/c1-23(2,3)34-22(32)27-19-17(13-18(26)35-19)20(30)28-11-7-16(8-12-28)29-10-6-9-25(15-29)14-24(4,5)33-21(25)31/h13,16H,6-12,14-15H2,1-5H3,(H,27,32)/p+1. The van der Waals surface area contributed by atoms with Gasteiger partial charge in [0.2, 0.25) is 5.00 Å². The number of quaternary nitrogens is 1. The fourth-order valence-electron chi connectivity index (χ4n) is 5.76. The van der Waals surface area contributed by atoms with Gasteiger partial charge in [0, 0.05) is 32.1 Å². The molecule has 10 heteroatoms. The molecule has 1 unspecified atom stereocenters. The van der Waals surface area contributed by atoms with Crippen LogP contribution in [0.25, 0.3) is 0 Å². The van der Waals surface area contributed by atoms with Crippen molar-refractivity contribution in [1.29, 1.82) is 0 Å². The molecule has 1 spiro atoms. The number of amides is 2. The van der Waals surface area contributed by atoms with Crippen LogP contribution in [0.2, 0.25) is 0 Å². The summed E-state index contributed by atoms with van der Waals surface area (Å²) in [4.78, 5) is 42.8. The number of thiophene rings is 1. The summed E-state index contributed by atoms with van der Waals surface area (Å²) in [5, 5.41) is 2.02. The summed E-state index contributed by atoms with van der Waals surface area (Å²) in [5.41, 5.74) is -0.839. The zero-order chi connectivity index (χ0) is 25.6. The van der Waals surface area contributed by atoms with E-state index in [4.69, 9.17) is 9.47 Å². The molecule has 0 radical (unpaired) electrons. The topological polar surface area (TPSA) is 92.8 Å². The molecule has 194 valence electrons. The van der Waals surface area contributed by atoms with Crippen molar-refractivity contribution in [2.75, 3.05) is 26.2 Å². The molecular weight excluding hydrogens is 534 g/mol. The molecule has 2 amide bonds. The van der Waals surface area contributed by atoms with Crippen LogP contribution in [0.4, 0.5) is 9.80 Å². The van der Waals surface area contributed by atoms with Crippen LogP contribution in [-0.4, -0.2) is 71.2 Å². The summed E-state index contributed by atoms with van der Waals surface area (Å²) in [6.45, 7) is 12.5. The molecule has 0 aromatic carbocycles. The SMILES string of the molecule is CC(C)(C)OC(=O)[NH2+]c1sc(Br)cc1C(=O)N1CCC(N2CCCC3(C2)CC(C)(C)OC3=O)CC1. The van der Waals surface area contributed by atoms with Gasteiger partial charge >= 0.3 is 12.1 Å². The Hall–Kier alpha value is -1.49. The third-order valence-electron chi connectivity index (χ3n) is 7.06. The average molecular weight is 572 g/mol. The minimum absolute atomic E-state index is 0.0448. The summed E-state index contributed by atoms with van der Waals surface area (Å²) in [6, 6.07) is 2.15. The van der Waals surface area contributed by atoms with E-state index in [1.54, 1.807) is 6.07 Å². The van der Waals surface area contributed by atoms with E-state index in [0.29, 0.717) is 29.7 Å². The van der Waals surface area contributed by atoms with Gasteiger partial charge in [0.15, 0.2) is 0 Å². The van der Waals surface area contributed by atoms with Gasteiger partial charge in [0.1, 0.15) is 16.8 Å². The molecule has 3 aliphatic heterocycles. The molecule has 0 aliphatic carbocycles. The van der Waals surface area contributed by atoms with Gasteiger partial charge in [-0.1, -0.05) is 11.3 Å². The van der Waals surface area contributed by atoms with E-state index in [-0.39, 0.29) is 17.3 Å². The lowest BCUT2D eigenvalue weighted by molar-refractivity contribution is -0.482. The minimum Gasteiger partial charge on any atom is -0.459 e. The first-order valence-electron chi connectivity index (χ1n) is 12.4. The number of carbonyl (C=O) groups is 3. The Balaban J connectivity index is 1.37. The van der Waals surface area contributed by atoms with Crippen LogP contribution in [0, 0.1) is 5.41 Å². The molecule has 1 aromatic rings. The van der Waals surface area contributed by atoms with Crippen LogP contribution in [0.1, 0.15) is 77.1 Å². The molecule has 3 saturated heterocycles. The summed E-state index contributed by atoms with van der Waals surface area (Å²) >= 11 is 4.82. The predicted molar refractivity (Wildman–Crippen MR) is 137 cm³/mol. The van der Waals surface area contributed by atoms with Crippen molar-refractivity contribution < 1.29 is 29.2 Å². The molecule has 4 rings (SSSR count). The van der Waals surface area contributed by atoms with Crippen LogP contribution >= 0.6 is 27.3 Å². The molecule has 1 atom stereocenters. The lowest BCUT2D eigenvalue weighted by Gasteiger charge is -2.44. The molecule has 8 nitrogen and oxygen atoms in total. The van der Waals surface area contributed by atoms with E-state index in [2.05, 4.69) is 20.8 Å². The highest BCUT2D eigenvalue weighted by molar-refractivity contribution is 9.11. The van der Waals surface area contributed by atoms with Crippen LogP contribution in [0.5, 0.6) is 0 Å². The quantitative estimate of drug-likeness (QED) is 0.551. The number of rotatable bonds is 3. The van der Waals surface area contributed by atoms with Crippen LogP contribution in [0.15, 0.2) is 9.85 Å². The maximum absolute atomic E-state index is 13.4. The van der Waals surface area contributed by atoms with Gasteiger partial charge in [-0.15, -0.1) is 0 Å². The number of piperidine rings is 2. The Morgan fingerprint density at radius 2 is 1.91 bits per heavy atom. The second-order valence-corrected chi connectivity index (χ2v) is 14.2. The molecule has 2 N–H and O–H groups in total. The van der Waals surface area contributed by atoms with Crippen LogP contribution in [-0.2, 0) is 14.3 Å². The van der Waals surface area contributed by atoms with Crippen molar-refractivity contribution in [2.45, 2.75) is 84.0 Å². The zero-order valence-corrected chi connectivity index (χ0v) is 23.7. The van der Waals surface area contributed by atoms with Crippen molar-refractivity contribution in [2.24, 2.45) is 5.41 Å². The average Bonchev–Trinajstić information content (AvgIpc) is 3.21. The Bertz CT molecular complexity index is 996. The third-order valence-corrected chi connectivity index (χ3v) is 8.64. The highest BCUT2D eigenvalue weighted by Crippen LogP contribution is 2.46. The van der Waals surface area contributed by atoms with E-state index >= 15 is 0 Å². The number of cyclic esters (lactones) is 1. The van der Waals surface area contributed by atoms with Gasteiger partial charge in [0.25, 0.3) is 5.91 Å². The predicted octanol–water partition coefficient (Wildman–Crippen LogP) is 4.05. The lowest BCUT2D eigenvalue weighted by atomic mass is 9.74. The maximum atomic E-state index is 13.4. The summed E-state index contributed by atoms with van der Waals surface area (Å²) < 4.78 is 11.9. The van der Waals surface area contributed by atoms with Gasteiger partial charge in [-0.05, 0) is 88.8 Å². The Morgan fingerprint density at radius 1 is 1.23 bits per heavy atom. The van der Waals surface area contributed by atoms with Crippen LogP contribution in [0.3, 0.4) is 0 Å². The minimum atomic E-state index is -0.591. The number of primary amides is 1. The first-order valence-corrected chi connectivity index (χ1v) is 14.0. The molecule has 0 bridgehead atoms. The van der Waals surface area contributed by atoms with Crippen molar-refractivity contribution >= 4 is 50.2 Å². The smallest absolute Gasteiger partial charge is 0.459 e. The Kier molecular flexibility index (Phi) is 7.41. The van der Waals surface area contributed by atoms with Gasteiger partial charge in [0.05, 0.1) is 9.20 Å². The highest BCUT2D eigenvalue weighted by atomic mass is 79.9. The van der Waals surface area contributed by atoms with E-state index in [1.807, 2.05) is 39.5 Å². The number of halogens is 1. The molecule has 35 heavy (non-hydrogen) atoms. The van der Waals surface area contributed by atoms with E-state index in [0.717, 1.165) is 49.0 Å². The largest absolute Gasteiger partial charge is 0.519 e. The fraction of sp³-hybridized carbons (Fsp3) is 0.720. The lowest BCUT2D eigenvalue weighted by Crippen LogP contribution is -2.83. The van der Waals surface area contributed by atoms with Gasteiger partial charge in [-0.3, -0.25) is 14.5 Å². The zero-order valence-electron chi connectivity index (χ0n) is 21.3. The van der Waals surface area contributed by atoms with Gasteiger partial charge in [-0.25, -0.2) is 5.32 Å². The van der Waals surface area contributed by atoms with Gasteiger partial charge < -0.3 is 14.4 Å². The first kappa shape index (κ1) is 26.6. The fourth-order valence-corrected chi connectivity index (χ4v) is 7.31. The van der Waals surface area contributed by atoms with Crippen molar-refractivity contribution in [3.8, 4) is 0 Å². The maximum Gasteiger partial charge on any atom is 0.519 e.